The third kappa shape index (κ3) is 1.52. The Kier molecular flexibility index (Phi) is 2.42. The van der Waals surface area contributed by atoms with E-state index in [1.165, 1.54) is 0 Å². The zero-order valence-corrected chi connectivity index (χ0v) is 9.05. The van der Waals surface area contributed by atoms with E-state index in [1.807, 2.05) is 28.7 Å². The van der Waals surface area contributed by atoms with Gasteiger partial charge in [0.05, 0.1) is 10.2 Å². The van der Waals surface area contributed by atoms with Gasteiger partial charge in [0.15, 0.2) is 11.6 Å². The van der Waals surface area contributed by atoms with Crippen molar-refractivity contribution in [3.8, 4) is 5.75 Å². The maximum absolute atomic E-state index is 13.5. The first kappa shape index (κ1) is 9.21. The molecule has 0 fully saturated rings. The summed E-state index contributed by atoms with van der Waals surface area (Å²) in [6, 6.07) is 3.48. The van der Waals surface area contributed by atoms with Crippen LogP contribution in [0.15, 0.2) is 12.1 Å². The fourth-order valence-corrected chi connectivity index (χ4v) is 1.85. The second-order valence-electron chi connectivity index (χ2n) is 3.02. The Morgan fingerprint density at radius 3 is 3.08 bits per heavy atom. The van der Waals surface area contributed by atoms with Crippen LogP contribution in [0.4, 0.5) is 4.39 Å². The lowest BCUT2D eigenvalue weighted by atomic mass is 10.0. The zero-order chi connectivity index (χ0) is 9.42. The van der Waals surface area contributed by atoms with Crippen LogP contribution in [-0.2, 0) is 0 Å². The molecular weight excluding hydrogens is 284 g/mol. The number of nitrogens with two attached hydrogens (primary N) is 1. The van der Waals surface area contributed by atoms with Crippen LogP contribution >= 0.6 is 22.6 Å². The van der Waals surface area contributed by atoms with Crippen molar-refractivity contribution in [2.75, 3.05) is 6.61 Å². The molecule has 2 nitrogen and oxygen atoms in total. The quantitative estimate of drug-likeness (QED) is 0.744. The summed E-state index contributed by atoms with van der Waals surface area (Å²) < 4.78 is 19.3. The van der Waals surface area contributed by atoms with E-state index in [-0.39, 0.29) is 11.9 Å². The largest absolute Gasteiger partial charge is 0.490 e. The molecule has 1 atom stereocenters. The first-order valence-corrected chi connectivity index (χ1v) is 5.14. The Labute approximate surface area is 89.4 Å². The van der Waals surface area contributed by atoms with Crippen molar-refractivity contribution < 1.29 is 9.13 Å². The first-order valence-electron chi connectivity index (χ1n) is 4.06. The van der Waals surface area contributed by atoms with Gasteiger partial charge in [0.1, 0.15) is 0 Å². The SMILES string of the molecule is N[C@@H]1CCOc2c1ccc(I)c2F. The second kappa shape index (κ2) is 3.42. The van der Waals surface area contributed by atoms with Crippen LogP contribution in [0.2, 0.25) is 0 Å². The van der Waals surface area contributed by atoms with Crippen LogP contribution < -0.4 is 10.5 Å². The molecule has 0 saturated carbocycles. The molecule has 0 saturated heterocycles. The highest BCUT2D eigenvalue weighted by atomic mass is 127. The second-order valence-corrected chi connectivity index (χ2v) is 4.19. The van der Waals surface area contributed by atoms with Crippen LogP contribution in [0.3, 0.4) is 0 Å². The highest BCUT2D eigenvalue weighted by molar-refractivity contribution is 14.1. The van der Waals surface area contributed by atoms with Crippen molar-refractivity contribution >= 4 is 22.6 Å². The topological polar surface area (TPSA) is 35.2 Å². The molecule has 1 aliphatic heterocycles. The van der Waals surface area contributed by atoms with E-state index in [0.29, 0.717) is 15.9 Å². The number of ether oxygens (including phenoxy) is 1. The van der Waals surface area contributed by atoms with Crippen LogP contribution in [0.5, 0.6) is 5.75 Å². The van der Waals surface area contributed by atoms with Gasteiger partial charge in [-0.25, -0.2) is 4.39 Å². The van der Waals surface area contributed by atoms with E-state index in [0.717, 1.165) is 12.0 Å². The minimum Gasteiger partial charge on any atom is -0.490 e. The summed E-state index contributed by atoms with van der Waals surface area (Å²) in [4.78, 5) is 0. The van der Waals surface area contributed by atoms with Crippen molar-refractivity contribution in [3.05, 3.63) is 27.1 Å². The molecule has 0 aliphatic carbocycles. The normalized spacial score (nSPS) is 20.7. The molecule has 13 heavy (non-hydrogen) atoms. The zero-order valence-electron chi connectivity index (χ0n) is 6.89. The minimum atomic E-state index is -0.284. The fraction of sp³-hybridized carbons (Fsp3) is 0.333. The maximum Gasteiger partial charge on any atom is 0.178 e. The predicted molar refractivity (Wildman–Crippen MR) is 56.2 cm³/mol. The Morgan fingerprint density at radius 1 is 1.54 bits per heavy atom. The predicted octanol–water partition coefficient (Wildman–Crippen LogP) is 2.21. The van der Waals surface area contributed by atoms with Crippen LogP contribution in [0, 0.1) is 9.39 Å². The van der Waals surface area contributed by atoms with Gasteiger partial charge in [0.25, 0.3) is 0 Å². The van der Waals surface area contributed by atoms with Crippen molar-refractivity contribution in [3.63, 3.8) is 0 Å². The van der Waals surface area contributed by atoms with Crippen molar-refractivity contribution in [2.45, 2.75) is 12.5 Å². The Hall–Kier alpha value is -0.360. The van der Waals surface area contributed by atoms with Crippen LogP contribution in [-0.4, -0.2) is 6.61 Å². The molecule has 0 aromatic heterocycles. The van der Waals surface area contributed by atoms with Gasteiger partial charge in [-0.3, -0.25) is 0 Å². The van der Waals surface area contributed by atoms with E-state index >= 15 is 0 Å². The van der Waals surface area contributed by atoms with Crippen molar-refractivity contribution in [1.29, 1.82) is 0 Å². The van der Waals surface area contributed by atoms with Gasteiger partial charge in [-0.05, 0) is 28.7 Å². The highest BCUT2D eigenvalue weighted by Crippen LogP contribution is 2.34. The molecule has 2 rings (SSSR count). The third-order valence-electron chi connectivity index (χ3n) is 2.16. The summed E-state index contributed by atoms with van der Waals surface area (Å²) in [5, 5.41) is 0. The van der Waals surface area contributed by atoms with Crippen molar-refractivity contribution in [1.82, 2.24) is 0 Å². The smallest absolute Gasteiger partial charge is 0.178 e. The van der Waals surface area contributed by atoms with Gasteiger partial charge in [-0.1, -0.05) is 6.07 Å². The van der Waals surface area contributed by atoms with Gasteiger partial charge >= 0.3 is 0 Å². The van der Waals surface area contributed by atoms with Crippen LogP contribution in [0.1, 0.15) is 18.0 Å². The van der Waals surface area contributed by atoms with Gasteiger partial charge in [-0.15, -0.1) is 0 Å². The summed E-state index contributed by atoms with van der Waals surface area (Å²) in [5.41, 5.74) is 6.60. The number of fused-ring (bicyclic) bond motifs is 1. The number of benzene rings is 1. The molecule has 0 spiro atoms. The molecule has 0 bridgehead atoms. The molecule has 1 aromatic rings. The average molecular weight is 293 g/mol. The first-order chi connectivity index (χ1) is 6.20. The van der Waals surface area contributed by atoms with E-state index in [2.05, 4.69) is 0 Å². The number of hydrogen-bond donors (Lipinski definition) is 1. The Bertz CT molecular complexity index is 343. The molecule has 0 radical (unpaired) electrons. The molecule has 1 aliphatic rings. The summed E-state index contributed by atoms with van der Waals surface area (Å²) in [6.07, 6.45) is 0.757. The number of rotatable bonds is 0. The molecule has 1 aromatic carbocycles. The average Bonchev–Trinajstić information content (AvgIpc) is 2.12. The minimum absolute atomic E-state index is 0.0877. The van der Waals surface area contributed by atoms with Gasteiger partial charge < -0.3 is 10.5 Å². The van der Waals surface area contributed by atoms with E-state index in [4.69, 9.17) is 10.5 Å². The van der Waals surface area contributed by atoms with Gasteiger partial charge in [0, 0.05) is 18.0 Å². The maximum atomic E-state index is 13.5. The lowest BCUT2D eigenvalue weighted by Gasteiger charge is -2.23. The lowest BCUT2D eigenvalue weighted by molar-refractivity contribution is 0.255. The standard InChI is InChI=1S/C9H9FINO/c10-8-6(11)2-1-5-7(12)3-4-13-9(5)8/h1-2,7H,3-4,12H2/t7-/m1/s1. The van der Waals surface area contributed by atoms with E-state index in [1.54, 1.807) is 6.07 Å². The molecule has 70 valence electrons. The summed E-state index contributed by atoms with van der Waals surface area (Å²) >= 11 is 1.94. The van der Waals surface area contributed by atoms with Gasteiger partial charge in [-0.2, -0.15) is 0 Å². The summed E-state index contributed by atoms with van der Waals surface area (Å²) in [5.74, 6) is 0.0545. The third-order valence-corrected chi connectivity index (χ3v) is 2.99. The van der Waals surface area contributed by atoms with Gasteiger partial charge in [0.2, 0.25) is 0 Å². The van der Waals surface area contributed by atoms with E-state index < -0.39 is 0 Å². The van der Waals surface area contributed by atoms with E-state index in [9.17, 15) is 4.39 Å². The molecule has 4 heteroatoms. The Balaban J connectivity index is 2.56. The molecule has 0 unspecified atom stereocenters. The summed E-state index contributed by atoms with van der Waals surface area (Å²) in [6.45, 7) is 0.505. The Morgan fingerprint density at radius 2 is 2.31 bits per heavy atom. The summed E-state index contributed by atoms with van der Waals surface area (Å²) in [7, 11) is 0. The number of hydrogen-bond acceptors (Lipinski definition) is 2. The molecule has 0 amide bonds. The molecular formula is C9H9FINO. The highest BCUT2D eigenvalue weighted by Gasteiger charge is 2.22. The van der Waals surface area contributed by atoms with Crippen molar-refractivity contribution in [2.24, 2.45) is 5.73 Å². The lowest BCUT2D eigenvalue weighted by Crippen LogP contribution is -2.21. The molecule has 1 heterocycles. The molecule has 2 N–H and O–H groups in total. The van der Waals surface area contributed by atoms with Crippen LogP contribution in [0.25, 0.3) is 0 Å². The number of halogens is 2. The monoisotopic (exact) mass is 293 g/mol. The fourth-order valence-electron chi connectivity index (χ4n) is 1.43.